The molecule has 6 nitrogen and oxygen atoms in total. The van der Waals surface area contributed by atoms with E-state index in [1.807, 2.05) is 6.92 Å². The lowest BCUT2D eigenvalue weighted by atomic mass is 10.1. The molecule has 31 heavy (non-hydrogen) atoms. The number of anilines is 3. The summed E-state index contributed by atoms with van der Waals surface area (Å²) in [4.78, 5) is 24.7. The zero-order valence-corrected chi connectivity index (χ0v) is 17.2. The second-order valence-electron chi connectivity index (χ2n) is 6.73. The fraction of sp³-hybridized carbons (Fsp3) is 0.0435. The van der Waals surface area contributed by atoms with E-state index in [2.05, 4.69) is 25.6 Å². The summed E-state index contributed by atoms with van der Waals surface area (Å²) in [7, 11) is 0. The monoisotopic (exact) mass is 433 g/mol. The molecule has 8 heteroatoms. The maximum Gasteiger partial charge on any atom is 0.258 e. The fourth-order valence-electron chi connectivity index (χ4n) is 2.95. The molecule has 0 radical (unpaired) electrons. The predicted molar refractivity (Wildman–Crippen MR) is 119 cm³/mol. The molecule has 4 aromatic rings. The minimum absolute atomic E-state index is 0.123. The van der Waals surface area contributed by atoms with Gasteiger partial charge >= 0.3 is 0 Å². The summed E-state index contributed by atoms with van der Waals surface area (Å²) in [6.07, 6.45) is 6.26. The van der Waals surface area contributed by atoms with E-state index in [0.717, 1.165) is 11.1 Å². The Morgan fingerprint density at radius 2 is 1.90 bits per heavy atom. The molecular formula is C23H17ClFN5O. The van der Waals surface area contributed by atoms with Gasteiger partial charge in [-0.15, -0.1) is 0 Å². The first-order valence-electron chi connectivity index (χ1n) is 9.37. The normalized spacial score (nSPS) is 10.5. The van der Waals surface area contributed by atoms with Crippen LogP contribution in [-0.4, -0.2) is 20.9 Å². The van der Waals surface area contributed by atoms with Crippen molar-refractivity contribution in [3.63, 3.8) is 0 Å². The van der Waals surface area contributed by atoms with Gasteiger partial charge in [-0.05, 0) is 61.0 Å². The second-order valence-corrected chi connectivity index (χ2v) is 7.14. The highest BCUT2D eigenvalue weighted by molar-refractivity contribution is 6.33. The Hall–Kier alpha value is -3.84. The smallest absolute Gasteiger partial charge is 0.258 e. The van der Waals surface area contributed by atoms with E-state index in [4.69, 9.17) is 11.6 Å². The number of nitrogens with zero attached hydrogens (tertiary/aromatic N) is 3. The van der Waals surface area contributed by atoms with E-state index in [9.17, 15) is 9.18 Å². The number of aryl methyl sites for hydroxylation is 1. The second kappa shape index (κ2) is 8.89. The SMILES string of the molecule is Cc1ccncc1C(=O)Nc1ccc(-c2cc(Nc3ncccc3F)ccc2Cl)cn1. The number of halogens is 2. The van der Waals surface area contributed by atoms with E-state index in [0.29, 0.717) is 27.7 Å². The maximum atomic E-state index is 13.9. The van der Waals surface area contributed by atoms with Crippen LogP contribution in [0.25, 0.3) is 11.1 Å². The Kier molecular flexibility index (Phi) is 5.86. The molecule has 154 valence electrons. The lowest BCUT2D eigenvalue weighted by molar-refractivity contribution is 0.102. The third-order valence-corrected chi connectivity index (χ3v) is 4.92. The van der Waals surface area contributed by atoms with Crippen LogP contribution >= 0.6 is 11.6 Å². The maximum absolute atomic E-state index is 13.9. The molecule has 0 aliphatic heterocycles. The number of nitrogens with one attached hydrogen (secondary N) is 2. The zero-order chi connectivity index (χ0) is 21.8. The lowest BCUT2D eigenvalue weighted by Crippen LogP contribution is -2.14. The van der Waals surface area contributed by atoms with E-state index in [1.165, 1.54) is 24.5 Å². The number of amides is 1. The molecule has 2 N–H and O–H groups in total. The zero-order valence-electron chi connectivity index (χ0n) is 16.4. The number of pyridine rings is 3. The topological polar surface area (TPSA) is 79.8 Å². The van der Waals surface area contributed by atoms with Crippen molar-refractivity contribution in [3.8, 4) is 11.1 Å². The Morgan fingerprint density at radius 1 is 1.03 bits per heavy atom. The van der Waals surface area contributed by atoms with Gasteiger partial charge in [0.05, 0.1) is 5.56 Å². The Balaban J connectivity index is 1.54. The molecule has 3 heterocycles. The van der Waals surface area contributed by atoms with Gasteiger partial charge < -0.3 is 10.6 Å². The van der Waals surface area contributed by atoms with Crippen molar-refractivity contribution in [3.05, 3.63) is 95.3 Å². The van der Waals surface area contributed by atoms with E-state index in [-0.39, 0.29) is 11.7 Å². The number of carbonyl (C=O) groups is 1. The minimum Gasteiger partial charge on any atom is -0.338 e. The highest BCUT2D eigenvalue weighted by Crippen LogP contribution is 2.32. The van der Waals surface area contributed by atoms with Gasteiger partial charge in [0, 0.05) is 46.6 Å². The van der Waals surface area contributed by atoms with Gasteiger partial charge in [-0.3, -0.25) is 9.78 Å². The molecule has 0 bridgehead atoms. The van der Waals surface area contributed by atoms with E-state index in [1.54, 1.807) is 48.8 Å². The third kappa shape index (κ3) is 4.67. The van der Waals surface area contributed by atoms with E-state index >= 15 is 0 Å². The van der Waals surface area contributed by atoms with Crippen LogP contribution in [0, 0.1) is 12.7 Å². The molecule has 0 fully saturated rings. The number of carbonyl (C=O) groups excluding carboxylic acids is 1. The van der Waals surface area contributed by atoms with Crippen LogP contribution in [-0.2, 0) is 0 Å². The fourth-order valence-corrected chi connectivity index (χ4v) is 3.18. The van der Waals surface area contributed by atoms with E-state index < -0.39 is 5.82 Å². The largest absolute Gasteiger partial charge is 0.338 e. The Bertz CT molecular complexity index is 1250. The van der Waals surface area contributed by atoms with Gasteiger partial charge in [0.1, 0.15) is 5.82 Å². The average molecular weight is 434 g/mol. The summed E-state index contributed by atoms with van der Waals surface area (Å²) in [6, 6.07) is 13.3. The quantitative estimate of drug-likeness (QED) is 0.426. The molecule has 1 aromatic carbocycles. The molecule has 0 atom stereocenters. The molecule has 3 aromatic heterocycles. The molecule has 4 rings (SSSR count). The van der Waals surface area contributed by atoms with Crippen LogP contribution in [0.5, 0.6) is 0 Å². The number of rotatable bonds is 5. The van der Waals surface area contributed by atoms with Crippen LogP contribution in [0.2, 0.25) is 5.02 Å². The molecule has 0 saturated carbocycles. The molecule has 1 amide bonds. The van der Waals surface area contributed by atoms with Crippen molar-refractivity contribution in [1.82, 2.24) is 15.0 Å². The van der Waals surface area contributed by atoms with Crippen molar-refractivity contribution >= 4 is 34.8 Å². The Labute approximate surface area is 183 Å². The van der Waals surface area contributed by atoms with Gasteiger partial charge in [-0.25, -0.2) is 14.4 Å². The summed E-state index contributed by atoms with van der Waals surface area (Å²) in [5.74, 6) is -0.215. The van der Waals surface area contributed by atoms with Gasteiger partial charge in [0.2, 0.25) is 0 Å². The lowest BCUT2D eigenvalue weighted by Gasteiger charge is -2.11. The molecule has 0 spiro atoms. The van der Waals surface area contributed by atoms with Crippen LogP contribution in [0.1, 0.15) is 15.9 Å². The standard InChI is InChI=1S/C23H17ClFN5O/c1-14-8-10-26-13-18(14)23(31)30-21-7-4-15(12-28-21)17-11-16(5-6-19(17)24)29-22-20(25)3-2-9-27-22/h2-13H,1H3,(H,27,29)(H,28,30,31). The van der Waals surface area contributed by atoms with Crippen molar-refractivity contribution in [2.75, 3.05) is 10.6 Å². The van der Waals surface area contributed by atoms with Crippen LogP contribution < -0.4 is 10.6 Å². The molecular weight excluding hydrogens is 417 g/mol. The van der Waals surface area contributed by atoms with Crippen molar-refractivity contribution in [2.24, 2.45) is 0 Å². The summed E-state index contributed by atoms with van der Waals surface area (Å²) in [6.45, 7) is 1.84. The summed E-state index contributed by atoms with van der Waals surface area (Å²) < 4.78 is 13.9. The number of hydrogen-bond acceptors (Lipinski definition) is 5. The first-order valence-corrected chi connectivity index (χ1v) is 9.74. The molecule has 0 aliphatic carbocycles. The highest BCUT2D eigenvalue weighted by atomic mass is 35.5. The number of benzene rings is 1. The third-order valence-electron chi connectivity index (χ3n) is 4.59. The van der Waals surface area contributed by atoms with Gasteiger partial charge in [0.15, 0.2) is 11.6 Å². The molecule has 0 unspecified atom stereocenters. The molecule has 0 aliphatic rings. The first-order chi connectivity index (χ1) is 15.0. The van der Waals surface area contributed by atoms with Crippen LogP contribution in [0.15, 0.2) is 73.3 Å². The van der Waals surface area contributed by atoms with Crippen molar-refractivity contribution in [1.29, 1.82) is 0 Å². The summed E-state index contributed by atoms with van der Waals surface area (Å²) in [5, 5.41) is 6.21. The first kappa shape index (κ1) is 20.4. The van der Waals surface area contributed by atoms with Crippen molar-refractivity contribution in [2.45, 2.75) is 6.92 Å². The molecule has 0 saturated heterocycles. The predicted octanol–water partition coefficient (Wildman–Crippen LogP) is 5.64. The summed E-state index contributed by atoms with van der Waals surface area (Å²) in [5.41, 5.74) is 3.38. The number of aromatic nitrogens is 3. The average Bonchev–Trinajstić information content (AvgIpc) is 2.77. The van der Waals surface area contributed by atoms with Crippen molar-refractivity contribution < 1.29 is 9.18 Å². The van der Waals surface area contributed by atoms with Crippen LogP contribution in [0.3, 0.4) is 0 Å². The van der Waals surface area contributed by atoms with Gasteiger partial charge in [-0.2, -0.15) is 0 Å². The van der Waals surface area contributed by atoms with Gasteiger partial charge in [-0.1, -0.05) is 11.6 Å². The van der Waals surface area contributed by atoms with Gasteiger partial charge in [0.25, 0.3) is 5.91 Å². The number of hydrogen-bond donors (Lipinski definition) is 2. The Morgan fingerprint density at radius 3 is 2.65 bits per heavy atom. The summed E-state index contributed by atoms with van der Waals surface area (Å²) >= 11 is 6.36. The minimum atomic E-state index is -0.454. The highest BCUT2D eigenvalue weighted by Gasteiger charge is 2.11. The van der Waals surface area contributed by atoms with Crippen LogP contribution in [0.4, 0.5) is 21.7 Å².